The zero-order valence-electron chi connectivity index (χ0n) is 7.57. The van der Waals surface area contributed by atoms with Crippen LogP contribution in [0.25, 0.3) is 5.65 Å². The molecule has 2 aromatic rings. The molecule has 2 aromatic heterocycles. The first kappa shape index (κ1) is 8.19. The van der Waals surface area contributed by atoms with Gasteiger partial charge in [0.15, 0.2) is 5.65 Å². The van der Waals surface area contributed by atoms with Gasteiger partial charge in [0.2, 0.25) is 0 Å². The minimum absolute atomic E-state index is 0.516. The Hall–Kier alpha value is -1.42. The van der Waals surface area contributed by atoms with Gasteiger partial charge in [-0.15, -0.1) is 10.2 Å². The van der Waals surface area contributed by atoms with Crippen molar-refractivity contribution in [1.29, 1.82) is 0 Å². The van der Waals surface area contributed by atoms with Crippen molar-refractivity contribution in [2.45, 2.75) is 19.9 Å². The third-order valence-electron chi connectivity index (χ3n) is 2.10. The van der Waals surface area contributed by atoms with Crippen molar-refractivity contribution in [2.75, 3.05) is 0 Å². The standard InChI is InChI=1S/C9H12N4/c1-2-8-11-12-9-5-3-4-7(6-10)13(8)9/h3-5H,2,6,10H2,1H3. The van der Waals surface area contributed by atoms with Crippen LogP contribution < -0.4 is 5.73 Å². The molecule has 0 aliphatic rings. The predicted octanol–water partition coefficient (Wildman–Crippen LogP) is 0.750. The number of nitrogens with two attached hydrogens (primary N) is 1. The predicted molar refractivity (Wildman–Crippen MR) is 50.3 cm³/mol. The second kappa shape index (κ2) is 3.14. The van der Waals surface area contributed by atoms with E-state index in [0.717, 1.165) is 23.6 Å². The molecule has 0 aromatic carbocycles. The molecule has 0 aliphatic carbocycles. The second-order valence-corrected chi connectivity index (χ2v) is 2.88. The van der Waals surface area contributed by atoms with Crippen molar-refractivity contribution in [1.82, 2.24) is 14.6 Å². The zero-order valence-corrected chi connectivity index (χ0v) is 7.57. The van der Waals surface area contributed by atoms with Gasteiger partial charge >= 0.3 is 0 Å². The topological polar surface area (TPSA) is 56.2 Å². The average Bonchev–Trinajstić information content (AvgIpc) is 2.60. The Balaban J connectivity index is 2.76. The summed E-state index contributed by atoms with van der Waals surface area (Å²) in [6.07, 6.45) is 0.873. The third kappa shape index (κ3) is 1.19. The maximum Gasteiger partial charge on any atom is 0.161 e. The summed E-state index contributed by atoms with van der Waals surface area (Å²) in [6, 6.07) is 5.88. The first-order valence-corrected chi connectivity index (χ1v) is 4.38. The van der Waals surface area contributed by atoms with Gasteiger partial charge in [-0.25, -0.2) is 0 Å². The van der Waals surface area contributed by atoms with E-state index in [0.29, 0.717) is 6.54 Å². The van der Waals surface area contributed by atoms with E-state index < -0.39 is 0 Å². The van der Waals surface area contributed by atoms with Crippen molar-refractivity contribution < 1.29 is 0 Å². The Morgan fingerprint density at radius 3 is 2.92 bits per heavy atom. The second-order valence-electron chi connectivity index (χ2n) is 2.88. The highest BCUT2D eigenvalue weighted by atomic mass is 15.2. The van der Waals surface area contributed by atoms with Gasteiger partial charge in [0.1, 0.15) is 5.82 Å². The highest BCUT2D eigenvalue weighted by molar-refractivity contribution is 5.39. The van der Waals surface area contributed by atoms with Crippen LogP contribution in [-0.4, -0.2) is 14.6 Å². The Morgan fingerprint density at radius 2 is 2.23 bits per heavy atom. The van der Waals surface area contributed by atoms with Crippen LogP contribution in [0.4, 0.5) is 0 Å². The third-order valence-corrected chi connectivity index (χ3v) is 2.10. The average molecular weight is 176 g/mol. The fourth-order valence-corrected chi connectivity index (χ4v) is 1.46. The lowest BCUT2D eigenvalue weighted by atomic mass is 10.3. The summed E-state index contributed by atoms with van der Waals surface area (Å²) in [5, 5.41) is 8.14. The van der Waals surface area contributed by atoms with Crippen molar-refractivity contribution in [3.05, 3.63) is 29.7 Å². The first-order chi connectivity index (χ1) is 6.36. The Labute approximate surface area is 76.4 Å². The number of aromatic nitrogens is 3. The van der Waals surface area contributed by atoms with E-state index in [4.69, 9.17) is 5.73 Å². The quantitative estimate of drug-likeness (QED) is 0.734. The lowest BCUT2D eigenvalue weighted by Gasteiger charge is -2.02. The molecule has 13 heavy (non-hydrogen) atoms. The monoisotopic (exact) mass is 176 g/mol. The van der Waals surface area contributed by atoms with Crippen LogP contribution in [0.15, 0.2) is 18.2 Å². The summed E-state index contributed by atoms with van der Waals surface area (Å²) < 4.78 is 2.01. The molecule has 0 atom stereocenters. The number of nitrogens with zero attached hydrogens (tertiary/aromatic N) is 3. The van der Waals surface area contributed by atoms with E-state index >= 15 is 0 Å². The first-order valence-electron chi connectivity index (χ1n) is 4.38. The molecule has 0 fully saturated rings. The van der Waals surface area contributed by atoms with Crippen molar-refractivity contribution >= 4 is 5.65 Å². The fraction of sp³-hybridized carbons (Fsp3) is 0.333. The van der Waals surface area contributed by atoms with Crippen LogP contribution in [0.3, 0.4) is 0 Å². The van der Waals surface area contributed by atoms with Gasteiger partial charge in [-0.1, -0.05) is 13.0 Å². The van der Waals surface area contributed by atoms with Crippen LogP contribution in [0, 0.1) is 0 Å². The summed E-state index contributed by atoms with van der Waals surface area (Å²) in [4.78, 5) is 0. The minimum Gasteiger partial charge on any atom is -0.325 e. The van der Waals surface area contributed by atoms with E-state index in [1.165, 1.54) is 0 Å². The molecule has 4 heteroatoms. The van der Waals surface area contributed by atoms with Crippen LogP contribution in [0.2, 0.25) is 0 Å². The molecule has 0 bridgehead atoms. The van der Waals surface area contributed by atoms with Gasteiger partial charge in [0, 0.05) is 18.7 Å². The van der Waals surface area contributed by atoms with Crippen molar-refractivity contribution in [2.24, 2.45) is 5.73 Å². The molecule has 0 spiro atoms. The van der Waals surface area contributed by atoms with Gasteiger partial charge in [-0.3, -0.25) is 4.40 Å². The summed E-state index contributed by atoms with van der Waals surface area (Å²) in [5.41, 5.74) is 7.55. The molecular formula is C9H12N4. The lowest BCUT2D eigenvalue weighted by molar-refractivity contribution is 0.856. The van der Waals surface area contributed by atoms with Crippen LogP contribution in [0.5, 0.6) is 0 Å². The lowest BCUT2D eigenvalue weighted by Crippen LogP contribution is -2.05. The Morgan fingerprint density at radius 1 is 1.38 bits per heavy atom. The van der Waals surface area contributed by atoms with E-state index in [-0.39, 0.29) is 0 Å². The fourth-order valence-electron chi connectivity index (χ4n) is 1.46. The van der Waals surface area contributed by atoms with Crippen LogP contribution in [-0.2, 0) is 13.0 Å². The maximum atomic E-state index is 5.62. The molecular weight excluding hydrogens is 164 g/mol. The molecule has 0 radical (unpaired) electrons. The SMILES string of the molecule is CCc1nnc2cccc(CN)n12. The zero-order chi connectivity index (χ0) is 9.26. The summed E-state index contributed by atoms with van der Waals surface area (Å²) in [6.45, 7) is 2.58. The number of rotatable bonds is 2. The van der Waals surface area contributed by atoms with E-state index in [2.05, 4.69) is 17.1 Å². The number of aryl methyl sites for hydroxylation is 1. The number of hydrogen-bond acceptors (Lipinski definition) is 3. The molecule has 0 saturated heterocycles. The maximum absolute atomic E-state index is 5.62. The van der Waals surface area contributed by atoms with E-state index in [1.807, 2.05) is 22.6 Å². The van der Waals surface area contributed by atoms with E-state index in [9.17, 15) is 0 Å². The van der Waals surface area contributed by atoms with Gasteiger partial charge in [0.25, 0.3) is 0 Å². The highest BCUT2D eigenvalue weighted by Gasteiger charge is 2.05. The van der Waals surface area contributed by atoms with Gasteiger partial charge in [-0.2, -0.15) is 0 Å². The van der Waals surface area contributed by atoms with Crippen molar-refractivity contribution in [3.8, 4) is 0 Å². The van der Waals surface area contributed by atoms with Crippen LogP contribution >= 0.6 is 0 Å². The summed E-state index contributed by atoms with van der Waals surface area (Å²) in [7, 11) is 0. The highest BCUT2D eigenvalue weighted by Crippen LogP contribution is 2.08. The number of pyridine rings is 1. The molecule has 0 aliphatic heterocycles. The van der Waals surface area contributed by atoms with Gasteiger partial charge in [0.05, 0.1) is 0 Å². The van der Waals surface area contributed by atoms with E-state index in [1.54, 1.807) is 0 Å². The summed E-state index contributed by atoms with van der Waals surface area (Å²) in [5.74, 6) is 0.969. The molecule has 68 valence electrons. The minimum atomic E-state index is 0.516. The molecule has 0 unspecified atom stereocenters. The molecule has 4 nitrogen and oxygen atoms in total. The number of hydrogen-bond donors (Lipinski definition) is 1. The number of fused-ring (bicyclic) bond motifs is 1. The normalized spacial score (nSPS) is 10.9. The van der Waals surface area contributed by atoms with Gasteiger partial charge < -0.3 is 5.73 Å². The Bertz CT molecular complexity index is 418. The molecule has 2 heterocycles. The molecule has 0 amide bonds. The Kier molecular flexibility index (Phi) is 1.98. The largest absolute Gasteiger partial charge is 0.325 e. The molecule has 0 saturated carbocycles. The molecule has 2 rings (SSSR count). The van der Waals surface area contributed by atoms with Crippen molar-refractivity contribution in [3.63, 3.8) is 0 Å². The summed E-state index contributed by atoms with van der Waals surface area (Å²) >= 11 is 0. The van der Waals surface area contributed by atoms with Gasteiger partial charge in [-0.05, 0) is 12.1 Å². The molecule has 2 N–H and O–H groups in total. The van der Waals surface area contributed by atoms with Crippen LogP contribution in [0.1, 0.15) is 18.4 Å². The smallest absolute Gasteiger partial charge is 0.161 e.